The van der Waals surface area contributed by atoms with Crippen molar-refractivity contribution in [1.29, 1.82) is 0 Å². The SMILES string of the molecule is CNCC(=O)c1cnoc1C. The predicted octanol–water partition coefficient (Wildman–Crippen LogP) is 0.385. The number of rotatable bonds is 3. The second-order valence-corrected chi connectivity index (χ2v) is 2.25. The Hall–Kier alpha value is -1.16. The van der Waals surface area contributed by atoms with Gasteiger partial charge in [-0.2, -0.15) is 0 Å². The van der Waals surface area contributed by atoms with Crippen LogP contribution in [-0.4, -0.2) is 24.5 Å². The second kappa shape index (κ2) is 3.30. The first-order chi connectivity index (χ1) is 5.25. The molecule has 1 aromatic rings. The van der Waals surface area contributed by atoms with Crippen molar-refractivity contribution in [3.63, 3.8) is 0 Å². The van der Waals surface area contributed by atoms with E-state index in [-0.39, 0.29) is 5.78 Å². The van der Waals surface area contributed by atoms with Gasteiger partial charge in [0.15, 0.2) is 5.78 Å². The smallest absolute Gasteiger partial charge is 0.181 e. The van der Waals surface area contributed by atoms with Gasteiger partial charge in [0.2, 0.25) is 0 Å². The highest BCUT2D eigenvalue weighted by molar-refractivity contribution is 5.98. The molecule has 0 aliphatic rings. The van der Waals surface area contributed by atoms with E-state index in [0.717, 1.165) is 0 Å². The Labute approximate surface area is 64.6 Å². The lowest BCUT2D eigenvalue weighted by molar-refractivity contribution is 0.0992. The summed E-state index contributed by atoms with van der Waals surface area (Å²) in [7, 11) is 1.72. The van der Waals surface area contributed by atoms with Crippen molar-refractivity contribution in [2.75, 3.05) is 13.6 Å². The Morgan fingerprint density at radius 2 is 2.55 bits per heavy atom. The Balaban J connectivity index is 2.76. The van der Waals surface area contributed by atoms with Gasteiger partial charge in [0.25, 0.3) is 0 Å². The molecule has 0 amide bonds. The van der Waals surface area contributed by atoms with Crippen molar-refractivity contribution in [3.8, 4) is 0 Å². The molecule has 11 heavy (non-hydrogen) atoms. The molecule has 0 saturated carbocycles. The molecule has 1 aromatic heterocycles. The molecule has 0 bridgehead atoms. The number of carbonyl (C=O) groups is 1. The maximum Gasteiger partial charge on any atom is 0.181 e. The standard InChI is InChI=1S/C7H10N2O2/c1-5-6(3-9-11-5)7(10)4-8-2/h3,8H,4H2,1-2H3. The Morgan fingerprint density at radius 3 is 3.00 bits per heavy atom. The minimum Gasteiger partial charge on any atom is -0.361 e. The summed E-state index contributed by atoms with van der Waals surface area (Å²) in [6, 6.07) is 0. The van der Waals surface area contributed by atoms with Crippen molar-refractivity contribution >= 4 is 5.78 Å². The molecular weight excluding hydrogens is 144 g/mol. The number of nitrogens with zero attached hydrogens (tertiary/aromatic N) is 1. The highest BCUT2D eigenvalue weighted by Crippen LogP contribution is 2.05. The molecule has 0 unspecified atom stereocenters. The van der Waals surface area contributed by atoms with Crippen molar-refractivity contribution in [2.24, 2.45) is 0 Å². The van der Waals surface area contributed by atoms with E-state index in [0.29, 0.717) is 17.9 Å². The van der Waals surface area contributed by atoms with Crippen LogP contribution in [0.3, 0.4) is 0 Å². The Morgan fingerprint density at radius 1 is 1.82 bits per heavy atom. The van der Waals surface area contributed by atoms with Crippen LogP contribution in [0, 0.1) is 6.92 Å². The summed E-state index contributed by atoms with van der Waals surface area (Å²) in [5.74, 6) is 0.580. The number of hydrogen-bond acceptors (Lipinski definition) is 4. The first-order valence-corrected chi connectivity index (χ1v) is 3.34. The van der Waals surface area contributed by atoms with Crippen LogP contribution in [0.2, 0.25) is 0 Å². The van der Waals surface area contributed by atoms with E-state index in [9.17, 15) is 4.79 Å². The summed E-state index contributed by atoms with van der Waals surface area (Å²) in [5, 5.41) is 6.27. The Bertz CT molecular complexity index is 255. The third kappa shape index (κ3) is 1.65. The molecule has 4 heteroatoms. The minimum atomic E-state index is 0.00579. The molecule has 1 rings (SSSR count). The first kappa shape index (κ1) is 7.94. The number of Topliss-reactive ketones (excluding diaryl/α,β-unsaturated/α-hetero) is 1. The lowest BCUT2D eigenvalue weighted by Gasteiger charge is -1.94. The molecule has 0 radical (unpaired) electrons. The number of aryl methyl sites for hydroxylation is 1. The summed E-state index contributed by atoms with van der Waals surface area (Å²) in [6.45, 7) is 2.04. The van der Waals surface area contributed by atoms with E-state index in [1.54, 1.807) is 14.0 Å². The molecule has 60 valence electrons. The summed E-state index contributed by atoms with van der Waals surface area (Å²) >= 11 is 0. The summed E-state index contributed by atoms with van der Waals surface area (Å²) < 4.78 is 4.73. The van der Waals surface area contributed by atoms with Gasteiger partial charge in [-0.05, 0) is 14.0 Å². The third-order valence-electron chi connectivity index (χ3n) is 1.39. The number of hydrogen-bond donors (Lipinski definition) is 1. The van der Waals surface area contributed by atoms with E-state index >= 15 is 0 Å². The number of aromatic nitrogens is 1. The number of nitrogens with one attached hydrogen (secondary N) is 1. The number of likely N-dealkylation sites (N-methyl/N-ethyl adjacent to an activating group) is 1. The van der Waals surface area contributed by atoms with Gasteiger partial charge in [-0.25, -0.2) is 0 Å². The lowest BCUT2D eigenvalue weighted by Crippen LogP contribution is -2.18. The topological polar surface area (TPSA) is 55.1 Å². The molecule has 0 atom stereocenters. The van der Waals surface area contributed by atoms with Gasteiger partial charge in [0, 0.05) is 0 Å². The van der Waals surface area contributed by atoms with Gasteiger partial charge in [0.05, 0.1) is 18.3 Å². The average molecular weight is 154 g/mol. The lowest BCUT2D eigenvalue weighted by atomic mass is 10.2. The fraction of sp³-hybridized carbons (Fsp3) is 0.429. The zero-order valence-electron chi connectivity index (χ0n) is 6.55. The van der Waals surface area contributed by atoms with Crippen LogP contribution >= 0.6 is 0 Å². The Kier molecular flexibility index (Phi) is 2.38. The van der Waals surface area contributed by atoms with Gasteiger partial charge >= 0.3 is 0 Å². The van der Waals surface area contributed by atoms with Crippen LogP contribution < -0.4 is 5.32 Å². The number of ketones is 1. The average Bonchev–Trinajstić information content (AvgIpc) is 2.36. The van der Waals surface area contributed by atoms with E-state index in [4.69, 9.17) is 4.52 Å². The second-order valence-electron chi connectivity index (χ2n) is 2.25. The quantitative estimate of drug-likeness (QED) is 0.640. The number of carbonyl (C=O) groups excluding carboxylic acids is 1. The fourth-order valence-electron chi connectivity index (χ4n) is 0.822. The van der Waals surface area contributed by atoms with Crippen LogP contribution in [-0.2, 0) is 0 Å². The molecule has 1 heterocycles. The molecular formula is C7H10N2O2. The molecule has 0 spiro atoms. The van der Waals surface area contributed by atoms with Crippen molar-refractivity contribution < 1.29 is 9.32 Å². The van der Waals surface area contributed by atoms with E-state index < -0.39 is 0 Å². The van der Waals surface area contributed by atoms with Crippen LogP contribution in [0.1, 0.15) is 16.1 Å². The van der Waals surface area contributed by atoms with E-state index in [1.807, 2.05) is 0 Å². The van der Waals surface area contributed by atoms with Crippen LogP contribution in [0.25, 0.3) is 0 Å². The zero-order chi connectivity index (χ0) is 8.27. The molecule has 0 saturated heterocycles. The summed E-state index contributed by atoms with van der Waals surface area (Å²) in [6.07, 6.45) is 1.44. The first-order valence-electron chi connectivity index (χ1n) is 3.34. The molecule has 0 fully saturated rings. The molecule has 4 nitrogen and oxygen atoms in total. The molecule has 0 aromatic carbocycles. The fourth-order valence-corrected chi connectivity index (χ4v) is 0.822. The maximum absolute atomic E-state index is 11.2. The minimum absolute atomic E-state index is 0.00579. The van der Waals surface area contributed by atoms with Crippen LogP contribution in [0.4, 0.5) is 0 Å². The summed E-state index contributed by atoms with van der Waals surface area (Å²) in [4.78, 5) is 11.2. The third-order valence-corrected chi connectivity index (χ3v) is 1.39. The predicted molar refractivity (Wildman–Crippen MR) is 39.5 cm³/mol. The van der Waals surface area contributed by atoms with Crippen LogP contribution in [0.15, 0.2) is 10.7 Å². The highest BCUT2D eigenvalue weighted by atomic mass is 16.5. The van der Waals surface area contributed by atoms with E-state index in [1.165, 1.54) is 6.20 Å². The largest absolute Gasteiger partial charge is 0.361 e. The monoisotopic (exact) mass is 154 g/mol. The van der Waals surface area contributed by atoms with Gasteiger partial charge < -0.3 is 9.84 Å². The molecule has 0 aliphatic carbocycles. The maximum atomic E-state index is 11.2. The van der Waals surface area contributed by atoms with Crippen LogP contribution in [0.5, 0.6) is 0 Å². The molecule has 1 N–H and O–H groups in total. The zero-order valence-corrected chi connectivity index (χ0v) is 6.55. The van der Waals surface area contributed by atoms with Gasteiger partial charge in [0.1, 0.15) is 5.76 Å². The van der Waals surface area contributed by atoms with Gasteiger partial charge in [-0.1, -0.05) is 5.16 Å². The molecule has 0 aliphatic heterocycles. The van der Waals surface area contributed by atoms with E-state index in [2.05, 4.69) is 10.5 Å². The van der Waals surface area contributed by atoms with Crippen molar-refractivity contribution in [3.05, 3.63) is 17.5 Å². The normalized spacial score (nSPS) is 10.0. The van der Waals surface area contributed by atoms with Crippen molar-refractivity contribution in [1.82, 2.24) is 10.5 Å². The summed E-state index contributed by atoms with van der Waals surface area (Å²) in [5.41, 5.74) is 0.555. The van der Waals surface area contributed by atoms with Gasteiger partial charge in [-0.3, -0.25) is 4.79 Å². The highest BCUT2D eigenvalue weighted by Gasteiger charge is 2.10. The van der Waals surface area contributed by atoms with Gasteiger partial charge in [-0.15, -0.1) is 0 Å². The van der Waals surface area contributed by atoms with Crippen molar-refractivity contribution in [2.45, 2.75) is 6.92 Å².